The number of carbonyl (C=O) groups is 1. The Bertz CT molecular complexity index is 719. The van der Waals surface area contributed by atoms with E-state index in [0.29, 0.717) is 5.91 Å². The van der Waals surface area contributed by atoms with Crippen molar-refractivity contribution in [3.63, 3.8) is 0 Å². The van der Waals surface area contributed by atoms with E-state index in [4.69, 9.17) is 11.6 Å². The molecule has 1 aromatic carbocycles. The second kappa shape index (κ2) is 6.48. The summed E-state index contributed by atoms with van der Waals surface area (Å²) in [6, 6.07) is 7.91. The van der Waals surface area contributed by atoms with Crippen LogP contribution in [-0.4, -0.2) is 47.0 Å². The van der Waals surface area contributed by atoms with E-state index in [-0.39, 0.29) is 5.92 Å². The molecule has 1 fully saturated rings. The fraction of sp³-hybridized carbons (Fsp3) is 0.444. The molecule has 2 heterocycles. The highest BCUT2D eigenvalue weighted by atomic mass is 35.5. The quantitative estimate of drug-likeness (QED) is 0.910. The highest BCUT2D eigenvalue weighted by Crippen LogP contribution is 2.26. The van der Waals surface area contributed by atoms with Crippen molar-refractivity contribution >= 4 is 23.2 Å². The standard InChI is InChI=1S/C18H21ClN4O/c19-14-2-4-15(5-3-14)22-7-9-23(10-8-22)18(24)13-1-6-16-17(11-13)21-12-20-16/h2-5,12-13H,1,6-11H2,(H,20,21)/t13-/m0/s1. The second-order valence-electron chi connectivity index (χ2n) is 6.56. The minimum Gasteiger partial charge on any atom is -0.368 e. The van der Waals surface area contributed by atoms with Crippen LogP contribution in [0.15, 0.2) is 30.6 Å². The molecular weight excluding hydrogens is 324 g/mol. The lowest BCUT2D eigenvalue weighted by molar-refractivity contribution is -0.136. The molecule has 0 unspecified atom stereocenters. The number of aryl methyl sites for hydroxylation is 1. The fourth-order valence-corrected chi connectivity index (χ4v) is 3.83. The van der Waals surface area contributed by atoms with Crippen molar-refractivity contribution in [2.75, 3.05) is 31.1 Å². The third-order valence-corrected chi connectivity index (χ3v) is 5.37. The van der Waals surface area contributed by atoms with E-state index >= 15 is 0 Å². The summed E-state index contributed by atoms with van der Waals surface area (Å²) in [6.45, 7) is 3.31. The molecule has 1 atom stereocenters. The summed E-state index contributed by atoms with van der Waals surface area (Å²) in [5.74, 6) is 0.394. The van der Waals surface area contributed by atoms with Gasteiger partial charge in [0.25, 0.3) is 0 Å². The SMILES string of the molecule is O=C([C@H]1CCc2nc[nH]c2C1)N1CCN(c2ccc(Cl)cc2)CC1. The molecule has 126 valence electrons. The zero-order valence-electron chi connectivity index (χ0n) is 13.5. The van der Waals surface area contributed by atoms with Gasteiger partial charge in [0.1, 0.15) is 0 Å². The first-order chi connectivity index (χ1) is 11.7. The highest BCUT2D eigenvalue weighted by Gasteiger charge is 2.31. The first-order valence-electron chi connectivity index (χ1n) is 8.51. The number of aromatic amines is 1. The number of anilines is 1. The summed E-state index contributed by atoms with van der Waals surface area (Å²) in [5, 5.41) is 0.753. The van der Waals surface area contributed by atoms with E-state index in [0.717, 1.165) is 61.9 Å². The zero-order valence-corrected chi connectivity index (χ0v) is 14.3. The molecule has 1 N–H and O–H groups in total. The maximum atomic E-state index is 12.8. The smallest absolute Gasteiger partial charge is 0.226 e. The minimum absolute atomic E-state index is 0.0973. The van der Waals surface area contributed by atoms with Crippen molar-refractivity contribution in [2.45, 2.75) is 19.3 Å². The lowest BCUT2D eigenvalue weighted by Gasteiger charge is -2.38. The number of nitrogens with one attached hydrogen (secondary N) is 1. The average Bonchev–Trinajstić information content (AvgIpc) is 3.09. The van der Waals surface area contributed by atoms with Crippen molar-refractivity contribution in [1.82, 2.24) is 14.9 Å². The summed E-state index contributed by atoms with van der Waals surface area (Å²) < 4.78 is 0. The van der Waals surface area contributed by atoms with Crippen LogP contribution < -0.4 is 4.90 Å². The number of halogens is 1. The molecule has 6 heteroatoms. The van der Waals surface area contributed by atoms with Gasteiger partial charge < -0.3 is 14.8 Å². The molecule has 0 bridgehead atoms. The van der Waals surface area contributed by atoms with Gasteiger partial charge in [-0.3, -0.25) is 4.79 Å². The third-order valence-electron chi connectivity index (χ3n) is 5.12. The number of H-pyrrole nitrogens is 1. The van der Waals surface area contributed by atoms with Gasteiger partial charge >= 0.3 is 0 Å². The molecule has 1 aliphatic heterocycles. The number of amides is 1. The summed E-state index contributed by atoms with van der Waals surface area (Å²) >= 11 is 5.95. The number of rotatable bonds is 2. The molecule has 5 nitrogen and oxygen atoms in total. The molecule has 1 aliphatic carbocycles. The normalized spacial score (nSPS) is 20.8. The summed E-state index contributed by atoms with van der Waals surface area (Å²) in [7, 11) is 0. The Morgan fingerprint density at radius 1 is 1.17 bits per heavy atom. The van der Waals surface area contributed by atoms with Crippen LogP contribution in [0.25, 0.3) is 0 Å². The number of nitrogens with zero attached hydrogens (tertiary/aromatic N) is 3. The molecule has 0 radical (unpaired) electrons. The molecule has 1 amide bonds. The Kier molecular flexibility index (Phi) is 4.19. The number of hydrogen-bond acceptors (Lipinski definition) is 3. The molecule has 2 aromatic rings. The Hall–Kier alpha value is -2.01. The van der Waals surface area contributed by atoms with Crippen LogP contribution in [0, 0.1) is 5.92 Å². The van der Waals surface area contributed by atoms with Crippen LogP contribution in [0.4, 0.5) is 5.69 Å². The molecule has 0 saturated carbocycles. The monoisotopic (exact) mass is 344 g/mol. The molecule has 1 aromatic heterocycles. The Morgan fingerprint density at radius 2 is 1.92 bits per heavy atom. The van der Waals surface area contributed by atoms with Crippen molar-refractivity contribution in [2.24, 2.45) is 5.92 Å². The Morgan fingerprint density at radius 3 is 2.67 bits per heavy atom. The van der Waals surface area contributed by atoms with Crippen LogP contribution in [0.3, 0.4) is 0 Å². The van der Waals surface area contributed by atoms with Crippen molar-refractivity contribution in [1.29, 1.82) is 0 Å². The van der Waals surface area contributed by atoms with Gasteiger partial charge in [0.05, 0.1) is 12.0 Å². The van der Waals surface area contributed by atoms with Crippen LogP contribution >= 0.6 is 11.6 Å². The van der Waals surface area contributed by atoms with Crippen LogP contribution in [-0.2, 0) is 17.6 Å². The summed E-state index contributed by atoms with van der Waals surface area (Å²) in [5.41, 5.74) is 3.44. The van der Waals surface area contributed by atoms with E-state index in [9.17, 15) is 4.79 Å². The first kappa shape index (κ1) is 15.5. The van der Waals surface area contributed by atoms with Gasteiger partial charge in [0, 0.05) is 54.9 Å². The predicted octanol–water partition coefficient (Wildman–Crippen LogP) is 2.52. The Balaban J connectivity index is 1.36. The minimum atomic E-state index is 0.0973. The number of carbonyl (C=O) groups excluding carboxylic acids is 1. The average molecular weight is 345 g/mol. The number of imidazole rings is 1. The molecule has 1 saturated heterocycles. The van der Waals surface area contributed by atoms with E-state index in [1.165, 1.54) is 5.69 Å². The molecular formula is C18H21ClN4O. The third kappa shape index (κ3) is 3.00. The van der Waals surface area contributed by atoms with E-state index in [1.54, 1.807) is 6.33 Å². The lowest BCUT2D eigenvalue weighted by Crippen LogP contribution is -2.51. The van der Waals surface area contributed by atoms with Crippen LogP contribution in [0.5, 0.6) is 0 Å². The fourth-order valence-electron chi connectivity index (χ4n) is 3.71. The van der Waals surface area contributed by atoms with Gasteiger partial charge in [-0.1, -0.05) is 11.6 Å². The van der Waals surface area contributed by atoms with Gasteiger partial charge in [0.2, 0.25) is 5.91 Å². The van der Waals surface area contributed by atoms with Crippen LogP contribution in [0.1, 0.15) is 17.8 Å². The van der Waals surface area contributed by atoms with Crippen LogP contribution in [0.2, 0.25) is 5.02 Å². The lowest BCUT2D eigenvalue weighted by atomic mass is 9.88. The second-order valence-corrected chi connectivity index (χ2v) is 6.99. The van der Waals surface area contributed by atoms with E-state index in [1.807, 2.05) is 29.2 Å². The van der Waals surface area contributed by atoms with Gasteiger partial charge in [-0.25, -0.2) is 4.98 Å². The van der Waals surface area contributed by atoms with Crippen molar-refractivity contribution < 1.29 is 4.79 Å². The van der Waals surface area contributed by atoms with Crippen molar-refractivity contribution in [3.05, 3.63) is 47.0 Å². The molecule has 2 aliphatic rings. The summed E-state index contributed by atoms with van der Waals surface area (Å²) in [6.07, 6.45) is 4.35. The first-order valence-corrected chi connectivity index (χ1v) is 8.89. The van der Waals surface area contributed by atoms with E-state index < -0.39 is 0 Å². The highest BCUT2D eigenvalue weighted by molar-refractivity contribution is 6.30. The number of fused-ring (bicyclic) bond motifs is 1. The van der Waals surface area contributed by atoms with Gasteiger partial charge in [-0.05, 0) is 37.1 Å². The molecule has 24 heavy (non-hydrogen) atoms. The number of benzene rings is 1. The maximum absolute atomic E-state index is 12.8. The number of hydrogen-bond donors (Lipinski definition) is 1. The van der Waals surface area contributed by atoms with E-state index in [2.05, 4.69) is 14.9 Å². The predicted molar refractivity (Wildman–Crippen MR) is 94.3 cm³/mol. The van der Waals surface area contributed by atoms with Crippen molar-refractivity contribution in [3.8, 4) is 0 Å². The summed E-state index contributed by atoms with van der Waals surface area (Å²) in [4.78, 5) is 24.7. The molecule has 4 rings (SSSR count). The maximum Gasteiger partial charge on any atom is 0.226 e. The van der Waals surface area contributed by atoms with Gasteiger partial charge in [-0.15, -0.1) is 0 Å². The number of aromatic nitrogens is 2. The Labute approximate surface area is 146 Å². The van der Waals surface area contributed by atoms with Gasteiger partial charge in [-0.2, -0.15) is 0 Å². The zero-order chi connectivity index (χ0) is 16.5. The number of piperazine rings is 1. The largest absolute Gasteiger partial charge is 0.368 e. The molecule has 0 spiro atoms. The van der Waals surface area contributed by atoms with Gasteiger partial charge in [0.15, 0.2) is 0 Å². The topological polar surface area (TPSA) is 52.2 Å².